The molecule has 7 heteroatoms. The summed E-state index contributed by atoms with van der Waals surface area (Å²) in [5.74, 6) is 0.816. The first-order chi connectivity index (χ1) is 12.8. The van der Waals surface area contributed by atoms with Crippen molar-refractivity contribution in [3.63, 3.8) is 0 Å². The number of rotatable bonds is 5. The maximum absolute atomic E-state index is 12.3. The quantitative estimate of drug-likeness (QED) is 0.752. The van der Waals surface area contributed by atoms with E-state index >= 15 is 0 Å². The van der Waals surface area contributed by atoms with E-state index in [9.17, 15) is 4.79 Å². The molecule has 0 bridgehead atoms. The summed E-state index contributed by atoms with van der Waals surface area (Å²) in [7, 11) is 0. The SMILES string of the molecule is O=C(NCc1ccccn1)c1csc(-c2ccc(N3CCCC3)nc2)n1. The Labute approximate surface area is 155 Å². The van der Waals surface area contributed by atoms with E-state index < -0.39 is 0 Å². The molecule has 1 aliphatic rings. The lowest BCUT2D eigenvalue weighted by Crippen LogP contribution is -2.23. The maximum Gasteiger partial charge on any atom is 0.271 e. The Balaban J connectivity index is 1.41. The standard InChI is InChI=1S/C19H19N5OS/c25-18(22-12-15-5-1-2-8-20-15)16-13-26-19(23-16)14-6-7-17(21-11-14)24-9-3-4-10-24/h1-2,5-8,11,13H,3-4,9-10,12H2,(H,22,25). The second-order valence-corrected chi connectivity index (χ2v) is 7.00. The first-order valence-corrected chi connectivity index (χ1v) is 9.52. The Bertz CT molecular complexity index is 872. The molecular weight excluding hydrogens is 346 g/mol. The van der Waals surface area contributed by atoms with E-state index in [1.807, 2.05) is 36.5 Å². The summed E-state index contributed by atoms with van der Waals surface area (Å²) in [5.41, 5.74) is 2.17. The van der Waals surface area contributed by atoms with Gasteiger partial charge in [0.05, 0.1) is 12.2 Å². The molecule has 0 saturated carbocycles. The van der Waals surface area contributed by atoms with Gasteiger partial charge in [0.25, 0.3) is 5.91 Å². The minimum Gasteiger partial charge on any atom is -0.357 e. The lowest BCUT2D eigenvalue weighted by atomic mass is 10.3. The van der Waals surface area contributed by atoms with Crippen LogP contribution in [0.15, 0.2) is 48.1 Å². The van der Waals surface area contributed by atoms with Crippen molar-refractivity contribution in [3.8, 4) is 10.6 Å². The Hall–Kier alpha value is -2.80. The molecule has 0 radical (unpaired) electrons. The number of nitrogens with zero attached hydrogens (tertiary/aromatic N) is 4. The lowest BCUT2D eigenvalue weighted by Gasteiger charge is -2.15. The lowest BCUT2D eigenvalue weighted by molar-refractivity contribution is 0.0946. The summed E-state index contributed by atoms with van der Waals surface area (Å²) in [6.07, 6.45) is 6.00. The van der Waals surface area contributed by atoms with Crippen LogP contribution < -0.4 is 10.2 Å². The zero-order chi connectivity index (χ0) is 17.8. The molecule has 0 unspecified atom stereocenters. The van der Waals surface area contributed by atoms with E-state index in [1.165, 1.54) is 24.2 Å². The summed E-state index contributed by atoms with van der Waals surface area (Å²) >= 11 is 1.45. The van der Waals surface area contributed by atoms with Crippen molar-refractivity contribution in [2.75, 3.05) is 18.0 Å². The fraction of sp³-hybridized carbons (Fsp3) is 0.263. The normalized spacial score (nSPS) is 13.8. The molecule has 0 spiro atoms. The average Bonchev–Trinajstić information content (AvgIpc) is 3.39. The van der Waals surface area contributed by atoms with Crippen LogP contribution in [0.5, 0.6) is 0 Å². The number of pyridine rings is 2. The van der Waals surface area contributed by atoms with Gasteiger partial charge in [-0.2, -0.15) is 0 Å². The van der Waals surface area contributed by atoms with Crippen molar-refractivity contribution >= 4 is 23.1 Å². The highest BCUT2D eigenvalue weighted by atomic mass is 32.1. The van der Waals surface area contributed by atoms with Crippen LogP contribution in [0.2, 0.25) is 0 Å². The third-order valence-corrected chi connectivity index (χ3v) is 5.21. The molecule has 6 nitrogen and oxygen atoms in total. The molecule has 1 amide bonds. The van der Waals surface area contributed by atoms with Gasteiger partial charge in [-0.3, -0.25) is 9.78 Å². The van der Waals surface area contributed by atoms with Gasteiger partial charge >= 0.3 is 0 Å². The number of aromatic nitrogens is 3. The summed E-state index contributed by atoms with van der Waals surface area (Å²) < 4.78 is 0. The summed E-state index contributed by atoms with van der Waals surface area (Å²) in [6.45, 7) is 2.53. The zero-order valence-corrected chi connectivity index (χ0v) is 15.1. The fourth-order valence-electron chi connectivity index (χ4n) is 2.92. The second kappa shape index (κ2) is 7.61. The molecule has 3 aromatic heterocycles. The molecule has 4 heterocycles. The Kier molecular flexibility index (Phi) is 4.88. The van der Waals surface area contributed by atoms with Crippen molar-refractivity contribution in [3.05, 3.63) is 59.5 Å². The minimum atomic E-state index is -0.195. The zero-order valence-electron chi connectivity index (χ0n) is 14.3. The minimum absolute atomic E-state index is 0.195. The van der Waals surface area contributed by atoms with E-state index in [0.29, 0.717) is 12.2 Å². The summed E-state index contributed by atoms with van der Waals surface area (Å²) in [5, 5.41) is 5.42. The van der Waals surface area contributed by atoms with Gasteiger partial charge in [-0.05, 0) is 37.1 Å². The highest BCUT2D eigenvalue weighted by molar-refractivity contribution is 7.13. The number of amides is 1. The van der Waals surface area contributed by atoms with Crippen molar-refractivity contribution in [1.29, 1.82) is 0 Å². The van der Waals surface area contributed by atoms with E-state index in [4.69, 9.17) is 0 Å². The number of hydrogen-bond acceptors (Lipinski definition) is 6. The van der Waals surface area contributed by atoms with Crippen LogP contribution in [-0.4, -0.2) is 33.9 Å². The van der Waals surface area contributed by atoms with E-state index in [-0.39, 0.29) is 5.91 Å². The molecule has 132 valence electrons. The van der Waals surface area contributed by atoms with Crippen LogP contribution in [0.4, 0.5) is 5.82 Å². The molecule has 1 aliphatic heterocycles. The van der Waals surface area contributed by atoms with Gasteiger partial charge in [0, 0.05) is 36.4 Å². The number of hydrogen-bond donors (Lipinski definition) is 1. The smallest absolute Gasteiger partial charge is 0.271 e. The van der Waals surface area contributed by atoms with Crippen LogP contribution in [-0.2, 0) is 6.54 Å². The van der Waals surface area contributed by atoms with Gasteiger partial charge in [0.15, 0.2) is 0 Å². The van der Waals surface area contributed by atoms with Gasteiger partial charge in [-0.1, -0.05) is 6.07 Å². The van der Waals surface area contributed by atoms with Crippen molar-refractivity contribution in [1.82, 2.24) is 20.3 Å². The summed E-state index contributed by atoms with van der Waals surface area (Å²) in [6, 6.07) is 9.67. The molecule has 0 aromatic carbocycles. The van der Waals surface area contributed by atoms with Crippen LogP contribution in [0.25, 0.3) is 10.6 Å². The van der Waals surface area contributed by atoms with Gasteiger partial charge < -0.3 is 10.2 Å². The molecule has 0 aliphatic carbocycles. The van der Waals surface area contributed by atoms with E-state index in [2.05, 4.69) is 25.2 Å². The number of carbonyl (C=O) groups is 1. The van der Waals surface area contributed by atoms with E-state index in [1.54, 1.807) is 11.6 Å². The molecular formula is C19H19N5OS. The number of carbonyl (C=O) groups excluding carboxylic acids is 1. The molecule has 1 saturated heterocycles. The monoisotopic (exact) mass is 365 g/mol. The van der Waals surface area contributed by atoms with Crippen molar-refractivity contribution in [2.24, 2.45) is 0 Å². The number of thiazole rings is 1. The predicted molar refractivity (Wildman–Crippen MR) is 102 cm³/mol. The number of anilines is 1. The fourth-order valence-corrected chi connectivity index (χ4v) is 3.71. The topological polar surface area (TPSA) is 71.0 Å². The Morgan fingerprint density at radius 2 is 2.04 bits per heavy atom. The average molecular weight is 365 g/mol. The summed E-state index contributed by atoms with van der Waals surface area (Å²) in [4.78, 5) is 27.8. The molecule has 1 fully saturated rings. The first-order valence-electron chi connectivity index (χ1n) is 8.64. The van der Waals surface area contributed by atoms with Gasteiger partial charge in [-0.25, -0.2) is 9.97 Å². The molecule has 0 atom stereocenters. The molecule has 3 aromatic rings. The van der Waals surface area contributed by atoms with Gasteiger partial charge in [0.1, 0.15) is 16.5 Å². The van der Waals surface area contributed by atoms with Gasteiger partial charge in [0.2, 0.25) is 0 Å². The number of nitrogens with one attached hydrogen (secondary N) is 1. The van der Waals surface area contributed by atoms with Crippen molar-refractivity contribution < 1.29 is 4.79 Å². The third kappa shape index (κ3) is 3.72. The molecule has 26 heavy (non-hydrogen) atoms. The predicted octanol–water partition coefficient (Wildman–Crippen LogP) is 3.13. The third-order valence-electron chi connectivity index (χ3n) is 4.32. The molecule has 1 N–H and O–H groups in total. The highest BCUT2D eigenvalue weighted by Gasteiger charge is 2.15. The van der Waals surface area contributed by atoms with Crippen LogP contribution >= 0.6 is 11.3 Å². The Morgan fingerprint density at radius 1 is 1.15 bits per heavy atom. The van der Waals surface area contributed by atoms with Crippen LogP contribution in [0, 0.1) is 0 Å². The maximum atomic E-state index is 12.3. The molecule has 4 rings (SSSR count). The Morgan fingerprint density at radius 3 is 2.77 bits per heavy atom. The van der Waals surface area contributed by atoms with Gasteiger partial charge in [-0.15, -0.1) is 11.3 Å². The second-order valence-electron chi connectivity index (χ2n) is 6.14. The van der Waals surface area contributed by atoms with E-state index in [0.717, 1.165) is 35.2 Å². The largest absolute Gasteiger partial charge is 0.357 e. The van der Waals surface area contributed by atoms with Crippen LogP contribution in [0.3, 0.4) is 0 Å². The first kappa shape index (κ1) is 16.7. The highest BCUT2D eigenvalue weighted by Crippen LogP contribution is 2.25. The van der Waals surface area contributed by atoms with Crippen molar-refractivity contribution in [2.45, 2.75) is 19.4 Å². The van der Waals surface area contributed by atoms with Crippen LogP contribution in [0.1, 0.15) is 29.0 Å².